The number of alkyl carbamates (subject to hydrolysis) is 1. The Morgan fingerprint density at radius 1 is 1.17 bits per heavy atom. The van der Waals surface area contributed by atoms with Gasteiger partial charge < -0.3 is 19.9 Å². The third-order valence-corrected chi connectivity index (χ3v) is 5.72. The van der Waals surface area contributed by atoms with E-state index in [0.717, 1.165) is 0 Å². The van der Waals surface area contributed by atoms with Crippen molar-refractivity contribution < 1.29 is 14.3 Å². The fourth-order valence-electron chi connectivity index (χ4n) is 3.82. The van der Waals surface area contributed by atoms with Crippen molar-refractivity contribution in [2.24, 2.45) is 0 Å². The number of rotatable bonds is 4. The molecule has 2 fully saturated rings. The van der Waals surface area contributed by atoms with Crippen LogP contribution in [0.1, 0.15) is 23.2 Å². The van der Waals surface area contributed by atoms with Gasteiger partial charge in [0.2, 0.25) is 0 Å². The second-order valence-electron chi connectivity index (χ2n) is 7.41. The van der Waals surface area contributed by atoms with Crippen LogP contribution in [0.4, 0.5) is 10.5 Å². The largest absolute Gasteiger partial charge is 0.444 e. The van der Waals surface area contributed by atoms with Crippen LogP contribution in [0, 0.1) is 0 Å². The van der Waals surface area contributed by atoms with Crippen molar-refractivity contribution in [1.82, 2.24) is 20.4 Å². The summed E-state index contributed by atoms with van der Waals surface area (Å²) in [7, 11) is 0. The van der Waals surface area contributed by atoms with Crippen LogP contribution in [0.2, 0.25) is 5.02 Å². The maximum absolute atomic E-state index is 12.5. The molecule has 10 heteroatoms. The summed E-state index contributed by atoms with van der Waals surface area (Å²) in [5.74, 6) is -0.0389. The van der Waals surface area contributed by atoms with E-state index < -0.39 is 11.7 Å². The van der Waals surface area contributed by atoms with Crippen molar-refractivity contribution in [2.45, 2.75) is 25.0 Å². The van der Waals surface area contributed by atoms with E-state index in [1.807, 2.05) is 23.1 Å². The summed E-state index contributed by atoms with van der Waals surface area (Å²) in [6, 6.07) is 8.95. The van der Waals surface area contributed by atoms with Crippen molar-refractivity contribution in [3.05, 3.63) is 57.5 Å². The standard InChI is InChI=1S/C20H22ClN5O4/c21-17-16(10-22-24-18(17)27)25-9-7-15(12-25)30-20(29)23-14-6-8-26(11-14)19(28)13-4-2-1-3-5-13/h1-5,10,14-15H,6-9,11-12H2,(H,23,29)(H,24,27)/t14-,15+/m0/s1. The average Bonchev–Trinajstić information content (AvgIpc) is 3.40. The Bertz CT molecular complexity index is 983. The molecule has 158 valence electrons. The van der Waals surface area contributed by atoms with Crippen LogP contribution in [-0.2, 0) is 4.74 Å². The maximum Gasteiger partial charge on any atom is 0.407 e. The van der Waals surface area contributed by atoms with Gasteiger partial charge in [-0.1, -0.05) is 29.8 Å². The molecule has 4 rings (SSSR count). The highest BCUT2D eigenvalue weighted by Crippen LogP contribution is 2.25. The molecule has 0 bridgehead atoms. The number of nitrogens with zero attached hydrogens (tertiary/aromatic N) is 3. The summed E-state index contributed by atoms with van der Waals surface area (Å²) in [6.07, 6.45) is 1.97. The Labute approximate surface area is 178 Å². The lowest BCUT2D eigenvalue weighted by molar-refractivity contribution is 0.0783. The Hall–Kier alpha value is -3.07. The Morgan fingerprint density at radius 3 is 2.77 bits per heavy atom. The number of H-pyrrole nitrogens is 1. The molecule has 2 aromatic rings. The molecule has 0 aliphatic carbocycles. The van der Waals surface area contributed by atoms with E-state index in [1.54, 1.807) is 17.0 Å². The van der Waals surface area contributed by atoms with Gasteiger partial charge in [0.05, 0.1) is 24.5 Å². The lowest BCUT2D eigenvalue weighted by Gasteiger charge is -2.20. The molecule has 2 aliphatic rings. The third-order valence-electron chi connectivity index (χ3n) is 5.35. The number of anilines is 1. The number of ether oxygens (including phenoxy) is 1. The maximum atomic E-state index is 12.5. The molecule has 2 amide bonds. The number of aromatic nitrogens is 2. The number of halogens is 1. The number of carbonyl (C=O) groups excluding carboxylic acids is 2. The SMILES string of the molecule is O=C(N[C@H]1CCN(C(=O)c2ccccc2)C1)O[C@@H]1CCN(c2cn[nH]c(=O)c2Cl)C1. The normalized spacial score (nSPS) is 21.0. The van der Waals surface area contributed by atoms with E-state index in [0.29, 0.717) is 50.3 Å². The van der Waals surface area contributed by atoms with Crippen molar-refractivity contribution in [3.63, 3.8) is 0 Å². The van der Waals surface area contributed by atoms with Gasteiger partial charge in [0.15, 0.2) is 0 Å². The van der Waals surface area contributed by atoms with Crippen LogP contribution in [0.15, 0.2) is 41.3 Å². The zero-order valence-corrected chi connectivity index (χ0v) is 17.0. The van der Waals surface area contributed by atoms with E-state index in [9.17, 15) is 14.4 Å². The van der Waals surface area contributed by atoms with Crippen LogP contribution in [0.5, 0.6) is 0 Å². The summed E-state index contributed by atoms with van der Waals surface area (Å²) in [6.45, 7) is 2.07. The van der Waals surface area contributed by atoms with Crippen molar-refractivity contribution >= 4 is 29.3 Å². The van der Waals surface area contributed by atoms with Crippen LogP contribution < -0.4 is 15.8 Å². The van der Waals surface area contributed by atoms with Gasteiger partial charge in [0.25, 0.3) is 11.5 Å². The van der Waals surface area contributed by atoms with Gasteiger partial charge in [0.1, 0.15) is 11.1 Å². The van der Waals surface area contributed by atoms with E-state index in [1.165, 1.54) is 6.20 Å². The van der Waals surface area contributed by atoms with Gasteiger partial charge in [-0.25, -0.2) is 9.89 Å². The zero-order valence-electron chi connectivity index (χ0n) is 16.2. The number of amides is 2. The summed E-state index contributed by atoms with van der Waals surface area (Å²) in [5, 5.41) is 8.98. The van der Waals surface area contributed by atoms with Gasteiger partial charge in [-0.15, -0.1) is 0 Å². The highest BCUT2D eigenvalue weighted by molar-refractivity contribution is 6.33. The first-order chi connectivity index (χ1) is 14.5. The first-order valence-electron chi connectivity index (χ1n) is 9.81. The molecule has 2 atom stereocenters. The summed E-state index contributed by atoms with van der Waals surface area (Å²) in [4.78, 5) is 40.1. The molecule has 0 unspecified atom stereocenters. The molecule has 0 radical (unpaired) electrons. The first-order valence-corrected chi connectivity index (χ1v) is 10.2. The number of nitrogens with one attached hydrogen (secondary N) is 2. The number of likely N-dealkylation sites (tertiary alicyclic amines) is 1. The van der Waals surface area contributed by atoms with Gasteiger partial charge in [0, 0.05) is 31.6 Å². The molecular formula is C20H22ClN5O4. The smallest absolute Gasteiger partial charge is 0.407 e. The first kappa shape index (κ1) is 20.2. The summed E-state index contributed by atoms with van der Waals surface area (Å²) >= 11 is 6.05. The minimum atomic E-state index is -0.504. The highest BCUT2D eigenvalue weighted by atomic mass is 35.5. The minimum Gasteiger partial charge on any atom is -0.444 e. The summed E-state index contributed by atoms with van der Waals surface area (Å²) < 4.78 is 5.53. The molecule has 0 saturated carbocycles. The van der Waals surface area contributed by atoms with Crippen LogP contribution >= 0.6 is 11.6 Å². The van der Waals surface area contributed by atoms with Gasteiger partial charge >= 0.3 is 6.09 Å². The molecule has 2 aliphatic heterocycles. The quantitative estimate of drug-likeness (QED) is 0.762. The number of hydrogen-bond acceptors (Lipinski definition) is 6. The van der Waals surface area contributed by atoms with Crippen LogP contribution in [-0.4, -0.2) is 65.4 Å². The van der Waals surface area contributed by atoms with Crippen molar-refractivity contribution in [2.75, 3.05) is 31.1 Å². The van der Waals surface area contributed by atoms with Crippen molar-refractivity contribution in [1.29, 1.82) is 0 Å². The van der Waals surface area contributed by atoms with Crippen LogP contribution in [0.3, 0.4) is 0 Å². The number of benzene rings is 1. The zero-order chi connectivity index (χ0) is 21.1. The van der Waals surface area contributed by atoms with Crippen molar-refractivity contribution in [3.8, 4) is 0 Å². The number of hydrogen-bond donors (Lipinski definition) is 2. The lowest BCUT2D eigenvalue weighted by Crippen LogP contribution is -2.40. The van der Waals surface area contributed by atoms with E-state index in [4.69, 9.17) is 16.3 Å². The van der Waals surface area contributed by atoms with Gasteiger partial charge in [-0.2, -0.15) is 5.10 Å². The number of carbonyl (C=O) groups is 2. The highest BCUT2D eigenvalue weighted by Gasteiger charge is 2.31. The second kappa shape index (κ2) is 8.74. The fourth-order valence-corrected chi connectivity index (χ4v) is 4.03. The monoisotopic (exact) mass is 431 g/mol. The Kier molecular flexibility index (Phi) is 5.89. The average molecular weight is 432 g/mol. The third kappa shape index (κ3) is 4.40. The molecule has 3 heterocycles. The molecule has 2 saturated heterocycles. The van der Waals surface area contributed by atoms with Gasteiger partial charge in [-0.3, -0.25) is 9.59 Å². The molecule has 9 nitrogen and oxygen atoms in total. The van der Waals surface area contributed by atoms with Gasteiger partial charge in [-0.05, 0) is 18.6 Å². The summed E-state index contributed by atoms with van der Waals surface area (Å²) in [5.41, 5.74) is 0.713. The molecular weight excluding hydrogens is 410 g/mol. The second-order valence-corrected chi connectivity index (χ2v) is 7.79. The fraction of sp³-hybridized carbons (Fsp3) is 0.400. The van der Waals surface area contributed by atoms with E-state index in [-0.39, 0.29) is 23.1 Å². The molecule has 1 aromatic carbocycles. The predicted molar refractivity (Wildman–Crippen MR) is 111 cm³/mol. The van der Waals surface area contributed by atoms with E-state index >= 15 is 0 Å². The molecule has 30 heavy (non-hydrogen) atoms. The molecule has 2 N–H and O–H groups in total. The topological polar surface area (TPSA) is 108 Å². The predicted octanol–water partition coefficient (Wildman–Crippen LogP) is 1.64. The minimum absolute atomic E-state index is 0.0389. The Balaban J connectivity index is 1.26. The van der Waals surface area contributed by atoms with Crippen LogP contribution in [0.25, 0.3) is 0 Å². The lowest BCUT2D eigenvalue weighted by atomic mass is 10.2. The Morgan fingerprint density at radius 2 is 1.97 bits per heavy atom. The molecule has 1 aromatic heterocycles. The number of aromatic amines is 1. The molecule has 0 spiro atoms. The van der Waals surface area contributed by atoms with E-state index in [2.05, 4.69) is 15.5 Å².